The van der Waals surface area contributed by atoms with Gasteiger partial charge in [0, 0.05) is 38.9 Å². The van der Waals surface area contributed by atoms with Crippen molar-refractivity contribution in [2.45, 2.75) is 37.7 Å². The Bertz CT molecular complexity index is 1330. The van der Waals surface area contributed by atoms with Gasteiger partial charge in [0.25, 0.3) is 5.91 Å². The van der Waals surface area contributed by atoms with E-state index in [1.54, 1.807) is 24.1 Å². The van der Waals surface area contributed by atoms with E-state index in [4.69, 9.17) is 9.72 Å². The third-order valence-corrected chi connectivity index (χ3v) is 9.42. The number of nitrogens with zero attached hydrogens (tertiary/aromatic N) is 4. The predicted octanol–water partition coefficient (Wildman–Crippen LogP) is 3.92. The van der Waals surface area contributed by atoms with Crippen molar-refractivity contribution >= 4 is 42.6 Å². The zero-order chi connectivity index (χ0) is 26.0. The molecular weight excluding hydrogens is 496 g/mol. The van der Waals surface area contributed by atoms with Crippen LogP contribution < -0.4 is 4.90 Å². The maximum atomic E-state index is 13.6. The van der Waals surface area contributed by atoms with Gasteiger partial charge in [0.05, 0.1) is 21.2 Å². The van der Waals surface area contributed by atoms with Gasteiger partial charge in [0.2, 0.25) is 10.0 Å². The van der Waals surface area contributed by atoms with Crippen molar-refractivity contribution in [1.29, 1.82) is 0 Å². The molecule has 1 amide bonds. The molecule has 0 unspecified atom stereocenters. The molecule has 3 aromatic rings. The molecular formula is C26H34N4O4S2. The van der Waals surface area contributed by atoms with Crippen LogP contribution in [0.3, 0.4) is 0 Å². The molecule has 1 aliphatic rings. The molecule has 2 aromatic carbocycles. The number of sulfonamides is 1. The van der Waals surface area contributed by atoms with Crippen LogP contribution in [0, 0.1) is 13.8 Å². The van der Waals surface area contributed by atoms with Crippen molar-refractivity contribution < 1.29 is 17.9 Å². The van der Waals surface area contributed by atoms with Crippen LogP contribution in [0.4, 0.5) is 5.13 Å². The van der Waals surface area contributed by atoms with Gasteiger partial charge in [-0.15, -0.1) is 0 Å². The number of benzene rings is 2. The van der Waals surface area contributed by atoms with Gasteiger partial charge in [-0.3, -0.25) is 9.69 Å². The van der Waals surface area contributed by atoms with Gasteiger partial charge in [-0.1, -0.05) is 17.4 Å². The number of rotatable bonds is 9. The molecule has 0 bridgehead atoms. The van der Waals surface area contributed by atoms with Gasteiger partial charge in [0.1, 0.15) is 0 Å². The van der Waals surface area contributed by atoms with E-state index >= 15 is 0 Å². The number of hydrogen-bond acceptors (Lipinski definition) is 7. The van der Waals surface area contributed by atoms with E-state index < -0.39 is 10.0 Å². The third-order valence-electron chi connectivity index (χ3n) is 6.35. The van der Waals surface area contributed by atoms with E-state index in [9.17, 15) is 13.2 Å². The van der Waals surface area contributed by atoms with Crippen molar-refractivity contribution in [1.82, 2.24) is 14.2 Å². The van der Waals surface area contributed by atoms with Crippen LogP contribution in [0.15, 0.2) is 41.3 Å². The number of amides is 1. The minimum absolute atomic E-state index is 0.0721. The number of likely N-dealkylation sites (N-methyl/N-ethyl adjacent to an activating group) is 2. The molecule has 1 fully saturated rings. The predicted molar refractivity (Wildman–Crippen MR) is 145 cm³/mol. The zero-order valence-electron chi connectivity index (χ0n) is 21.5. The van der Waals surface area contributed by atoms with Crippen molar-refractivity contribution in [3.8, 4) is 0 Å². The number of thiazole rings is 1. The summed E-state index contributed by atoms with van der Waals surface area (Å²) in [6.45, 7) is 6.21. The molecule has 1 aromatic heterocycles. The molecule has 0 saturated carbocycles. The first-order chi connectivity index (χ1) is 17.1. The number of ether oxygens (including phenoxy) is 1. The minimum Gasteiger partial charge on any atom is -0.377 e. The standard InChI is InChI=1S/C26H34N4O4S2/c1-18-15-19(2)24-23(16-18)27-26(35-24)30(13-12-28(3)4)25(31)20-8-10-22(11-9-20)36(32,33)29(5)17-21-7-6-14-34-21/h8-11,15-16,21H,6-7,12-14,17H2,1-5H3/t21-/m1/s1. The highest BCUT2D eigenvalue weighted by atomic mass is 32.2. The van der Waals surface area contributed by atoms with E-state index in [0.29, 0.717) is 36.9 Å². The van der Waals surface area contributed by atoms with Crippen molar-refractivity contribution in [2.75, 3.05) is 52.3 Å². The van der Waals surface area contributed by atoms with E-state index in [-0.39, 0.29) is 16.9 Å². The Hall–Kier alpha value is -2.37. The van der Waals surface area contributed by atoms with Crippen molar-refractivity contribution in [3.05, 3.63) is 53.1 Å². The quantitative estimate of drug-likeness (QED) is 0.417. The zero-order valence-corrected chi connectivity index (χ0v) is 23.2. The number of carbonyl (C=O) groups excluding carboxylic acids is 1. The lowest BCUT2D eigenvalue weighted by molar-refractivity contribution is 0.0978. The summed E-state index contributed by atoms with van der Waals surface area (Å²) in [6, 6.07) is 10.3. The highest BCUT2D eigenvalue weighted by Crippen LogP contribution is 2.33. The molecule has 10 heteroatoms. The fourth-order valence-electron chi connectivity index (χ4n) is 4.34. The second-order valence-corrected chi connectivity index (χ2v) is 12.7. The second-order valence-electron chi connectivity index (χ2n) is 9.63. The Balaban J connectivity index is 1.59. The fourth-order valence-corrected chi connectivity index (χ4v) is 6.59. The van der Waals surface area contributed by atoms with E-state index in [2.05, 4.69) is 13.0 Å². The van der Waals surface area contributed by atoms with Gasteiger partial charge in [-0.05, 0) is 82.2 Å². The Morgan fingerprint density at radius 3 is 2.47 bits per heavy atom. The first-order valence-electron chi connectivity index (χ1n) is 12.1. The second kappa shape index (κ2) is 10.9. The molecule has 1 atom stereocenters. The summed E-state index contributed by atoms with van der Waals surface area (Å²) in [5.41, 5.74) is 3.56. The number of hydrogen-bond donors (Lipinski definition) is 0. The summed E-state index contributed by atoms with van der Waals surface area (Å²) < 4.78 is 34.1. The fraction of sp³-hybridized carbons (Fsp3) is 0.462. The number of aryl methyl sites for hydroxylation is 2. The van der Waals surface area contributed by atoms with Gasteiger partial charge in [-0.2, -0.15) is 4.31 Å². The van der Waals surface area contributed by atoms with Crippen LogP contribution in [0.2, 0.25) is 0 Å². The third kappa shape index (κ3) is 5.78. The molecule has 4 rings (SSSR count). The van der Waals surface area contributed by atoms with Crippen LogP contribution in [-0.4, -0.2) is 82.0 Å². The maximum absolute atomic E-state index is 13.6. The lowest BCUT2D eigenvalue weighted by Gasteiger charge is -2.22. The van der Waals surface area contributed by atoms with Gasteiger partial charge >= 0.3 is 0 Å². The van der Waals surface area contributed by atoms with Gasteiger partial charge in [-0.25, -0.2) is 13.4 Å². The highest BCUT2D eigenvalue weighted by molar-refractivity contribution is 7.89. The molecule has 0 N–H and O–H groups in total. The molecule has 0 radical (unpaired) electrons. The SMILES string of the molecule is Cc1cc(C)c2sc(N(CCN(C)C)C(=O)c3ccc(S(=O)(=O)N(C)C[C@H]4CCCO4)cc3)nc2c1. The first-order valence-corrected chi connectivity index (χ1v) is 14.3. The highest BCUT2D eigenvalue weighted by Gasteiger charge is 2.27. The number of carbonyl (C=O) groups is 1. The smallest absolute Gasteiger partial charge is 0.260 e. The van der Waals surface area contributed by atoms with Crippen LogP contribution >= 0.6 is 11.3 Å². The molecule has 36 heavy (non-hydrogen) atoms. The molecule has 2 heterocycles. The monoisotopic (exact) mass is 530 g/mol. The summed E-state index contributed by atoms with van der Waals surface area (Å²) in [4.78, 5) is 22.2. The maximum Gasteiger partial charge on any atom is 0.260 e. The lowest BCUT2D eigenvalue weighted by Crippen LogP contribution is -2.37. The minimum atomic E-state index is -3.68. The average Bonchev–Trinajstić information content (AvgIpc) is 3.49. The number of anilines is 1. The van der Waals surface area contributed by atoms with Gasteiger partial charge in [0.15, 0.2) is 5.13 Å². The van der Waals surface area contributed by atoms with Crippen molar-refractivity contribution in [2.24, 2.45) is 0 Å². The molecule has 1 aliphatic heterocycles. The number of aromatic nitrogens is 1. The Morgan fingerprint density at radius 1 is 1.11 bits per heavy atom. The Kier molecular flexibility index (Phi) is 8.11. The van der Waals surface area contributed by atoms with Crippen LogP contribution in [-0.2, 0) is 14.8 Å². The topological polar surface area (TPSA) is 83.1 Å². The first kappa shape index (κ1) is 26.7. The van der Waals surface area contributed by atoms with Crippen LogP contribution in [0.5, 0.6) is 0 Å². The largest absolute Gasteiger partial charge is 0.377 e. The normalized spacial score (nSPS) is 16.4. The molecule has 1 saturated heterocycles. The molecule has 8 nitrogen and oxygen atoms in total. The Morgan fingerprint density at radius 2 is 1.83 bits per heavy atom. The summed E-state index contributed by atoms with van der Waals surface area (Å²) in [5.74, 6) is -0.207. The summed E-state index contributed by atoms with van der Waals surface area (Å²) in [5, 5.41) is 0.638. The lowest BCUT2D eigenvalue weighted by atomic mass is 10.1. The van der Waals surface area contributed by atoms with E-state index in [1.807, 2.05) is 32.0 Å². The summed E-state index contributed by atoms with van der Waals surface area (Å²) in [6.07, 6.45) is 1.74. The van der Waals surface area contributed by atoms with E-state index in [1.165, 1.54) is 27.8 Å². The summed E-state index contributed by atoms with van der Waals surface area (Å²) in [7, 11) is 1.81. The average molecular weight is 531 g/mol. The summed E-state index contributed by atoms with van der Waals surface area (Å²) >= 11 is 1.50. The number of fused-ring (bicyclic) bond motifs is 1. The van der Waals surface area contributed by atoms with Crippen LogP contribution in [0.25, 0.3) is 10.2 Å². The molecule has 0 spiro atoms. The van der Waals surface area contributed by atoms with Gasteiger partial charge < -0.3 is 9.64 Å². The van der Waals surface area contributed by atoms with E-state index in [0.717, 1.165) is 34.2 Å². The Labute approximate surface area is 217 Å². The van der Waals surface area contributed by atoms with Crippen molar-refractivity contribution in [3.63, 3.8) is 0 Å². The molecule has 194 valence electrons. The molecule has 0 aliphatic carbocycles. The van der Waals surface area contributed by atoms with Crippen LogP contribution in [0.1, 0.15) is 34.3 Å².